The second kappa shape index (κ2) is 6.81. The third-order valence-electron chi connectivity index (χ3n) is 3.18. The van der Waals surface area contributed by atoms with Crippen LogP contribution in [-0.2, 0) is 13.1 Å². The van der Waals surface area contributed by atoms with Gasteiger partial charge in [-0.1, -0.05) is 12.1 Å². The molecule has 0 fully saturated rings. The molecule has 0 atom stereocenters. The van der Waals surface area contributed by atoms with Gasteiger partial charge < -0.3 is 10.1 Å². The number of aryl methyl sites for hydroxylation is 1. The maximum Gasteiger partial charge on any atom is 0.311 e. The molecule has 0 radical (unpaired) electrons. The first-order chi connectivity index (χ1) is 10.1. The van der Waals surface area contributed by atoms with Crippen LogP contribution in [0, 0.1) is 17.0 Å². The van der Waals surface area contributed by atoms with Crippen molar-refractivity contribution in [3.63, 3.8) is 0 Å². The van der Waals surface area contributed by atoms with Crippen molar-refractivity contribution < 1.29 is 9.66 Å². The van der Waals surface area contributed by atoms with Gasteiger partial charge in [-0.25, -0.2) is 0 Å². The number of aromatic nitrogens is 1. The summed E-state index contributed by atoms with van der Waals surface area (Å²) in [5.41, 5.74) is 2.90. The van der Waals surface area contributed by atoms with E-state index in [2.05, 4.69) is 10.3 Å². The monoisotopic (exact) mass is 287 g/mol. The Morgan fingerprint density at radius 2 is 2.14 bits per heavy atom. The maximum absolute atomic E-state index is 11.0. The van der Waals surface area contributed by atoms with Gasteiger partial charge in [0, 0.05) is 25.4 Å². The Labute approximate surface area is 122 Å². The van der Waals surface area contributed by atoms with Gasteiger partial charge in [0.05, 0.1) is 17.7 Å². The summed E-state index contributed by atoms with van der Waals surface area (Å²) >= 11 is 0. The minimum absolute atomic E-state index is 0.0224. The highest BCUT2D eigenvalue weighted by Gasteiger charge is 2.14. The van der Waals surface area contributed by atoms with Gasteiger partial charge in [-0.15, -0.1) is 0 Å². The van der Waals surface area contributed by atoms with Crippen molar-refractivity contribution in [3.05, 3.63) is 63.5 Å². The molecule has 1 N–H and O–H groups in total. The minimum atomic E-state index is -0.439. The topological polar surface area (TPSA) is 77.3 Å². The molecular weight excluding hydrogens is 270 g/mol. The molecule has 0 saturated carbocycles. The number of nitrogens with one attached hydrogen (secondary N) is 1. The first-order valence-corrected chi connectivity index (χ1v) is 6.54. The molecule has 2 rings (SSSR count). The van der Waals surface area contributed by atoms with E-state index in [1.807, 2.05) is 25.1 Å². The molecule has 0 aliphatic carbocycles. The Kier molecular flexibility index (Phi) is 4.84. The highest BCUT2D eigenvalue weighted by molar-refractivity contribution is 5.48. The van der Waals surface area contributed by atoms with Crippen molar-refractivity contribution in [1.29, 1.82) is 0 Å². The van der Waals surface area contributed by atoms with Crippen LogP contribution < -0.4 is 10.1 Å². The molecule has 6 heteroatoms. The van der Waals surface area contributed by atoms with E-state index in [4.69, 9.17) is 4.74 Å². The molecule has 0 saturated heterocycles. The molecular formula is C15H17N3O3. The van der Waals surface area contributed by atoms with Crippen molar-refractivity contribution in [1.82, 2.24) is 10.3 Å². The first kappa shape index (κ1) is 14.9. The summed E-state index contributed by atoms with van der Waals surface area (Å²) in [6, 6.07) is 8.84. The number of hydrogen-bond acceptors (Lipinski definition) is 5. The van der Waals surface area contributed by atoms with Gasteiger partial charge in [-0.2, -0.15) is 0 Å². The van der Waals surface area contributed by atoms with Crippen LogP contribution in [-0.4, -0.2) is 17.0 Å². The average molecular weight is 287 g/mol. The van der Waals surface area contributed by atoms with Gasteiger partial charge in [-0.3, -0.25) is 15.1 Å². The normalized spacial score (nSPS) is 10.4. The lowest BCUT2D eigenvalue weighted by molar-refractivity contribution is -0.385. The van der Waals surface area contributed by atoms with E-state index in [9.17, 15) is 10.1 Å². The lowest BCUT2D eigenvalue weighted by atomic mass is 10.1. The molecule has 1 heterocycles. The standard InChI is InChI=1S/C15H17N3O3/c1-11-4-3-7-17-13(11)10-16-9-12-5-6-15(21-2)14(8-12)18(19)20/h3-8,16H,9-10H2,1-2H3. The van der Waals surface area contributed by atoms with E-state index < -0.39 is 4.92 Å². The zero-order valence-corrected chi connectivity index (χ0v) is 12.0. The Hall–Kier alpha value is -2.47. The number of rotatable bonds is 6. The molecule has 1 aromatic heterocycles. The second-order valence-electron chi connectivity index (χ2n) is 4.63. The van der Waals surface area contributed by atoms with Gasteiger partial charge in [-0.05, 0) is 30.2 Å². The quantitative estimate of drug-likeness (QED) is 0.652. The fourth-order valence-corrected chi connectivity index (χ4v) is 2.02. The third kappa shape index (κ3) is 3.76. The number of ether oxygens (including phenoxy) is 1. The predicted molar refractivity (Wildman–Crippen MR) is 79.2 cm³/mol. The second-order valence-corrected chi connectivity index (χ2v) is 4.63. The smallest absolute Gasteiger partial charge is 0.311 e. The number of nitro benzene ring substituents is 1. The van der Waals surface area contributed by atoms with Crippen LogP contribution >= 0.6 is 0 Å². The molecule has 21 heavy (non-hydrogen) atoms. The van der Waals surface area contributed by atoms with E-state index in [-0.39, 0.29) is 11.4 Å². The van der Waals surface area contributed by atoms with E-state index >= 15 is 0 Å². The van der Waals surface area contributed by atoms with Gasteiger partial charge in [0.1, 0.15) is 0 Å². The van der Waals surface area contributed by atoms with Crippen molar-refractivity contribution >= 4 is 5.69 Å². The summed E-state index contributed by atoms with van der Waals surface area (Å²) in [6.07, 6.45) is 1.75. The van der Waals surface area contributed by atoms with E-state index in [1.54, 1.807) is 12.3 Å². The van der Waals surface area contributed by atoms with Crippen molar-refractivity contribution in [2.75, 3.05) is 7.11 Å². The SMILES string of the molecule is COc1ccc(CNCc2ncccc2C)cc1[N+](=O)[O-]. The lowest BCUT2D eigenvalue weighted by Crippen LogP contribution is -2.14. The molecule has 0 bridgehead atoms. The van der Waals surface area contributed by atoms with Crippen LogP contribution in [0.3, 0.4) is 0 Å². The summed E-state index contributed by atoms with van der Waals surface area (Å²) in [5, 5.41) is 14.2. The van der Waals surface area contributed by atoms with E-state index in [1.165, 1.54) is 13.2 Å². The third-order valence-corrected chi connectivity index (χ3v) is 3.18. The minimum Gasteiger partial charge on any atom is -0.490 e. The highest BCUT2D eigenvalue weighted by atomic mass is 16.6. The zero-order valence-electron chi connectivity index (χ0n) is 12.0. The molecule has 0 amide bonds. The van der Waals surface area contributed by atoms with Gasteiger partial charge in [0.15, 0.2) is 5.75 Å². The summed E-state index contributed by atoms with van der Waals surface area (Å²) in [4.78, 5) is 14.8. The van der Waals surface area contributed by atoms with Crippen LogP contribution in [0.25, 0.3) is 0 Å². The molecule has 0 aliphatic rings. The highest BCUT2D eigenvalue weighted by Crippen LogP contribution is 2.27. The van der Waals surface area contributed by atoms with Gasteiger partial charge in [0.25, 0.3) is 0 Å². The Bertz CT molecular complexity index is 644. The number of methoxy groups -OCH3 is 1. The molecule has 6 nitrogen and oxygen atoms in total. The summed E-state index contributed by atoms with van der Waals surface area (Å²) in [6.45, 7) is 3.15. The molecule has 110 valence electrons. The summed E-state index contributed by atoms with van der Waals surface area (Å²) in [5.74, 6) is 0.268. The van der Waals surface area contributed by atoms with Gasteiger partial charge in [0.2, 0.25) is 0 Å². The van der Waals surface area contributed by atoms with Crippen LogP contribution in [0.5, 0.6) is 5.75 Å². The predicted octanol–water partition coefficient (Wildman–Crippen LogP) is 2.60. The number of nitrogens with zero attached hydrogens (tertiary/aromatic N) is 2. The average Bonchev–Trinajstić information content (AvgIpc) is 2.49. The first-order valence-electron chi connectivity index (χ1n) is 6.54. The summed E-state index contributed by atoms with van der Waals surface area (Å²) < 4.78 is 4.98. The molecule has 0 aliphatic heterocycles. The van der Waals surface area contributed by atoms with Gasteiger partial charge >= 0.3 is 5.69 Å². The Morgan fingerprint density at radius 3 is 2.81 bits per heavy atom. The van der Waals surface area contributed by atoms with E-state index in [0.717, 1.165) is 16.8 Å². The number of hydrogen-bond donors (Lipinski definition) is 1. The van der Waals surface area contributed by atoms with Crippen molar-refractivity contribution in [2.24, 2.45) is 0 Å². The fourth-order valence-electron chi connectivity index (χ4n) is 2.02. The number of nitro groups is 1. The van der Waals surface area contributed by atoms with Crippen molar-refractivity contribution in [2.45, 2.75) is 20.0 Å². The Balaban J connectivity index is 2.02. The molecule has 1 aromatic carbocycles. The van der Waals surface area contributed by atoms with Crippen LogP contribution in [0.4, 0.5) is 5.69 Å². The van der Waals surface area contributed by atoms with Crippen LogP contribution in [0.2, 0.25) is 0 Å². The lowest BCUT2D eigenvalue weighted by Gasteiger charge is -2.08. The van der Waals surface area contributed by atoms with E-state index in [0.29, 0.717) is 13.1 Å². The molecule has 0 spiro atoms. The van der Waals surface area contributed by atoms with Crippen LogP contribution in [0.15, 0.2) is 36.5 Å². The molecule has 0 unspecified atom stereocenters. The summed E-state index contributed by atoms with van der Waals surface area (Å²) in [7, 11) is 1.42. The fraction of sp³-hybridized carbons (Fsp3) is 0.267. The Morgan fingerprint density at radius 1 is 1.33 bits per heavy atom. The van der Waals surface area contributed by atoms with Crippen molar-refractivity contribution in [3.8, 4) is 5.75 Å². The number of pyridine rings is 1. The maximum atomic E-state index is 11.0. The largest absolute Gasteiger partial charge is 0.490 e. The zero-order chi connectivity index (χ0) is 15.2. The molecule has 2 aromatic rings. The number of benzene rings is 1. The van der Waals surface area contributed by atoms with Crippen LogP contribution in [0.1, 0.15) is 16.8 Å².